The monoisotopic (exact) mass is 126 g/mol. The van der Waals surface area contributed by atoms with Gasteiger partial charge in [0.2, 0.25) is 0 Å². The molecule has 0 radical (unpaired) electrons. The summed E-state index contributed by atoms with van der Waals surface area (Å²) in [4.78, 5) is 0. The molecule has 0 heterocycles. The number of hydrogen-bond acceptors (Lipinski definition) is 0. The van der Waals surface area contributed by atoms with Crippen LogP contribution in [-0.4, -0.2) is 0 Å². The summed E-state index contributed by atoms with van der Waals surface area (Å²) in [6.45, 7) is 7.14. The van der Waals surface area contributed by atoms with Crippen molar-refractivity contribution in [2.24, 2.45) is 11.3 Å². The number of hydrogen-bond donors (Lipinski definition) is 0. The molecule has 9 heavy (non-hydrogen) atoms. The Labute approximate surface area is 58.7 Å². The molecule has 0 aromatic rings. The number of rotatable bonds is 1. The lowest BCUT2D eigenvalue weighted by Crippen LogP contribution is -2.18. The van der Waals surface area contributed by atoms with Crippen LogP contribution in [0.15, 0.2) is 0 Å². The minimum Gasteiger partial charge on any atom is -0.0623 e. The first-order valence-electron chi connectivity index (χ1n) is 4.15. The fourth-order valence-electron chi connectivity index (χ4n) is 1.76. The molecule has 0 unspecified atom stereocenters. The minimum absolute atomic E-state index is 0.694. The van der Waals surface area contributed by atoms with E-state index >= 15 is 0 Å². The lowest BCUT2D eigenvalue weighted by molar-refractivity contribution is 0.228. The molecule has 0 N–H and O–H groups in total. The van der Waals surface area contributed by atoms with Crippen molar-refractivity contribution in [1.29, 1.82) is 0 Å². The van der Waals surface area contributed by atoms with Crippen molar-refractivity contribution < 1.29 is 0 Å². The molecular weight excluding hydrogens is 108 g/mol. The molecule has 1 fully saturated rings. The first kappa shape index (κ1) is 7.11. The summed E-state index contributed by atoms with van der Waals surface area (Å²) >= 11 is 0. The van der Waals surface area contributed by atoms with Gasteiger partial charge < -0.3 is 0 Å². The molecule has 1 saturated carbocycles. The van der Waals surface area contributed by atoms with Crippen molar-refractivity contribution in [2.75, 3.05) is 0 Å². The van der Waals surface area contributed by atoms with Gasteiger partial charge in [-0.05, 0) is 24.2 Å². The molecule has 1 aliphatic rings. The highest BCUT2D eigenvalue weighted by atomic mass is 14.4. The average molecular weight is 126 g/mol. The Kier molecular flexibility index (Phi) is 1.83. The lowest BCUT2D eigenvalue weighted by atomic mass is 9.78. The highest BCUT2D eigenvalue weighted by molar-refractivity contribution is 4.82. The van der Waals surface area contributed by atoms with E-state index in [4.69, 9.17) is 0 Å². The zero-order valence-electron chi connectivity index (χ0n) is 6.91. The van der Waals surface area contributed by atoms with Crippen LogP contribution in [0.25, 0.3) is 0 Å². The largest absolute Gasteiger partial charge is 0.0623 e. The highest BCUT2D eigenvalue weighted by Crippen LogP contribution is 2.43. The second-order valence-electron chi connectivity index (χ2n) is 4.02. The zero-order valence-corrected chi connectivity index (χ0v) is 6.91. The van der Waals surface area contributed by atoms with E-state index in [1.54, 1.807) is 0 Å². The smallest absolute Gasteiger partial charge is 0.0303 e. The van der Waals surface area contributed by atoms with Gasteiger partial charge in [-0.3, -0.25) is 0 Å². The van der Waals surface area contributed by atoms with Gasteiger partial charge in [0, 0.05) is 0 Å². The zero-order chi connectivity index (χ0) is 6.91. The van der Waals surface area contributed by atoms with Gasteiger partial charge in [-0.15, -0.1) is 0 Å². The predicted octanol–water partition coefficient (Wildman–Crippen LogP) is 3.22. The van der Waals surface area contributed by atoms with Gasteiger partial charge in [-0.25, -0.2) is 0 Å². The van der Waals surface area contributed by atoms with Crippen LogP contribution in [-0.2, 0) is 0 Å². The third-order valence-corrected chi connectivity index (χ3v) is 3.14. The Balaban J connectivity index is 2.51. The summed E-state index contributed by atoms with van der Waals surface area (Å²) in [5, 5.41) is 0. The second kappa shape index (κ2) is 2.32. The van der Waals surface area contributed by atoms with Crippen LogP contribution in [0, 0.1) is 11.3 Å². The van der Waals surface area contributed by atoms with Crippen molar-refractivity contribution >= 4 is 0 Å². The second-order valence-corrected chi connectivity index (χ2v) is 4.02. The van der Waals surface area contributed by atoms with Crippen LogP contribution < -0.4 is 0 Å². The summed E-state index contributed by atoms with van der Waals surface area (Å²) in [7, 11) is 0. The van der Waals surface area contributed by atoms with Crippen molar-refractivity contribution in [2.45, 2.75) is 46.5 Å². The molecular formula is C9H18. The van der Waals surface area contributed by atoms with Gasteiger partial charge in [0.15, 0.2) is 0 Å². The van der Waals surface area contributed by atoms with Gasteiger partial charge in [-0.2, -0.15) is 0 Å². The third-order valence-electron chi connectivity index (χ3n) is 3.14. The Bertz CT molecular complexity index is 86.2. The van der Waals surface area contributed by atoms with E-state index in [1.165, 1.54) is 25.7 Å². The van der Waals surface area contributed by atoms with Crippen LogP contribution in [0.4, 0.5) is 0 Å². The van der Waals surface area contributed by atoms with Gasteiger partial charge >= 0.3 is 0 Å². The third kappa shape index (κ3) is 1.28. The molecule has 54 valence electrons. The molecule has 0 aromatic carbocycles. The molecule has 1 aliphatic carbocycles. The minimum atomic E-state index is 0.694. The molecule has 0 bridgehead atoms. The molecule has 0 nitrogen and oxygen atoms in total. The average Bonchev–Trinajstić information content (AvgIpc) is 2.16. The van der Waals surface area contributed by atoms with Crippen molar-refractivity contribution in [1.82, 2.24) is 0 Å². The van der Waals surface area contributed by atoms with Gasteiger partial charge in [-0.1, -0.05) is 33.6 Å². The summed E-state index contributed by atoms with van der Waals surface area (Å²) in [6, 6.07) is 0. The predicted molar refractivity (Wildman–Crippen MR) is 41.4 cm³/mol. The maximum Gasteiger partial charge on any atom is -0.0303 e. The maximum atomic E-state index is 2.44. The maximum absolute atomic E-state index is 2.44. The Morgan fingerprint density at radius 2 is 1.56 bits per heavy atom. The van der Waals surface area contributed by atoms with E-state index in [0.717, 1.165) is 5.92 Å². The standard InChI is InChI=1S/C9H18/c1-8(2)9(3)6-4-5-7-9/h8H,4-7H2,1-3H3. The molecule has 1 rings (SSSR count). The molecule has 0 atom stereocenters. The molecule has 0 heteroatoms. The van der Waals surface area contributed by atoms with Gasteiger partial charge in [0.1, 0.15) is 0 Å². The SMILES string of the molecule is CC(C)C1(C)CCCC1. The molecule has 0 amide bonds. The molecule has 0 spiro atoms. The van der Waals surface area contributed by atoms with Crippen LogP contribution in [0.1, 0.15) is 46.5 Å². The first-order chi connectivity index (χ1) is 4.15. The van der Waals surface area contributed by atoms with E-state index in [-0.39, 0.29) is 0 Å². The lowest BCUT2D eigenvalue weighted by Gasteiger charge is -2.27. The van der Waals surface area contributed by atoms with E-state index in [0.29, 0.717) is 5.41 Å². The van der Waals surface area contributed by atoms with Crippen LogP contribution in [0.2, 0.25) is 0 Å². The van der Waals surface area contributed by atoms with Crippen LogP contribution in [0.5, 0.6) is 0 Å². The summed E-state index contributed by atoms with van der Waals surface area (Å²) in [5.74, 6) is 0.889. The Hall–Kier alpha value is 0. The first-order valence-corrected chi connectivity index (χ1v) is 4.15. The fraction of sp³-hybridized carbons (Fsp3) is 1.00. The van der Waals surface area contributed by atoms with Crippen LogP contribution in [0.3, 0.4) is 0 Å². The topological polar surface area (TPSA) is 0 Å². The molecule has 0 aliphatic heterocycles. The quantitative estimate of drug-likeness (QED) is 0.506. The molecule has 0 saturated heterocycles. The normalized spacial score (nSPS) is 25.3. The van der Waals surface area contributed by atoms with Crippen molar-refractivity contribution in [3.8, 4) is 0 Å². The summed E-state index contributed by atoms with van der Waals surface area (Å²) in [6.07, 6.45) is 5.86. The van der Waals surface area contributed by atoms with Gasteiger partial charge in [0.25, 0.3) is 0 Å². The van der Waals surface area contributed by atoms with Gasteiger partial charge in [0.05, 0.1) is 0 Å². The van der Waals surface area contributed by atoms with Crippen molar-refractivity contribution in [3.05, 3.63) is 0 Å². The van der Waals surface area contributed by atoms with Crippen molar-refractivity contribution in [3.63, 3.8) is 0 Å². The Morgan fingerprint density at radius 1 is 1.11 bits per heavy atom. The van der Waals surface area contributed by atoms with E-state index in [2.05, 4.69) is 20.8 Å². The highest BCUT2D eigenvalue weighted by Gasteiger charge is 2.31. The van der Waals surface area contributed by atoms with E-state index in [1.807, 2.05) is 0 Å². The molecule has 0 aromatic heterocycles. The van der Waals surface area contributed by atoms with E-state index in [9.17, 15) is 0 Å². The summed E-state index contributed by atoms with van der Waals surface area (Å²) < 4.78 is 0. The fourth-order valence-corrected chi connectivity index (χ4v) is 1.76. The Morgan fingerprint density at radius 3 is 1.78 bits per heavy atom. The van der Waals surface area contributed by atoms with E-state index < -0.39 is 0 Å². The van der Waals surface area contributed by atoms with Crippen LogP contribution >= 0.6 is 0 Å². The summed E-state index contributed by atoms with van der Waals surface area (Å²) in [5.41, 5.74) is 0.694.